The number of carbonyl (C=O) groups is 1. The van der Waals surface area contributed by atoms with Crippen LogP contribution in [0.3, 0.4) is 0 Å². The van der Waals surface area contributed by atoms with Crippen molar-refractivity contribution in [3.63, 3.8) is 0 Å². The highest BCUT2D eigenvalue weighted by atomic mass is 16.6. The first-order valence-corrected chi connectivity index (χ1v) is 4.37. The molecule has 76 valence electrons. The molecule has 0 heterocycles. The van der Waals surface area contributed by atoms with E-state index < -0.39 is 0 Å². The lowest BCUT2D eigenvalue weighted by molar-refractivity contribution is 0.0364. The van der Waals surface area contributed by atoms with Crippen molar-refractivity contribution >= 4 is 5.91 Å². The summed E-state index contributed by atoms with van der Waals surface area (Å²) in [5, 5.41) is 9.24. The van der Waals surface area contributed by atoms with E-state index in [-0.39, 0.29) is 11.7 Å². The third kappa shape index (κ3) is 2.47. The second kappa shape index (κ2) is 4.62. The lowest BCUT2D eigenvalue weighted by atomic mass is 10.1. The second-order valence-corrected chi connectivity index (χ2v) is 2.87. The number of amides is 1. The van der Waals surface area contributed by atoms with Crippen LogP contribution in [0.5, 0.6) is 5.75 Å². The molecule has 0 radical (unpaired) electrons. The SMILES string of the molecule is CCONC(=O)c1ccc(O)c(C)c1. The highest BCUT2D eigenvalue weighted by Gasteiger charge is 2.06. The van der Waals surface area contributed by atoms with Crippen molar-refractivity contribution in [2.75, 3.05) is 6.61 Å². The number of aryl methyl sites for hydroxylation is 1. The number of rotatable bonds is 3. The van der Waals surface area contributed by atoms with Crippen LogP contribution in [0, 0.1) is 6.92 Å². The average molecular weight is 195 g/mol. The fourth-order valence-corrected chi connectivity index (χ4v) is 0.993. The quantitative estimate of drug-likeness (QED) is 0.716. The molecule has 14 heavy (non-hydrogen) atoms. The van der Waals surface area contributed by atoms with E-state index in [0.29, 0.717) is 17.7 Å². The Morgan fingerprint density at radius 3 is 2.86 bits per heavy atom. The van der Waals surface area contributed by atoms with Crippen LogP contribution in [0.15, 0.2) is 18.2 Å². The summed E-state index contributed by atoms with van der Waals surface area (Å²) in [6.45, 7) is 3.93. The minimum Gasteiger partial charge on any atom is -0.508 e. The second-order valence-electron chi connectivity index (χ2n) is 2.87. The zero-order chi connectivity index (χ0) is 10.6. The Kier molecular flexibility index (Phi) is 3.48. The van der Waals surface area contributed by atoms with Gasteiger partial charge in [0, 0.05) is 5.56 Å². The Morgan fingerprint density at radius 1 is 1.57 bits per heavy atom. The lowest BCUT2D eigenvalue weighted by Gasteiger charge is -2.05. The van der Waals surface area contributed by atoms with Gasteiger partial charge in [-0.15, -0.1) is 0 Å². The Labute approximate surface area is 82.5 Å². The highest BCUT2D eigenvalue weighted by Crippen LogP contribution is 2.16. The van der Waals surface area contributed by atoms with Gasteiger partial charge in [-0.05, 0) is 37.6 Å². The third-order valence-electron chi connectivity index (χ3n) is 1.77. The van der Waals surface area contributed by atoms with Gasteiger partial charge in [-0.2, -0.15) is 0 Å². The molecule has 0 saturated heterocycles. The summed E-state index contributed by atoms with van der Waals surface area (Å²) in [5.41, 5.74) is 3.40. The van der Waals surface area contributed by atoms with Gasteiger partial charge in [0.2, 0.25) is 0 Å². The summed E-state index contributed by atoms with van der Waals surface area (Å²) in [6.07, 6.45) is 0. The van der Waals surface area contributed by atoms with Gasteiger partial charge in [-0.1, -0.05) is 0 Å². The molecule has 0 aromatic heterocycles. The number of hydroxylamine groups is 1. The van der Waals surface area contributed by atoms with Crippen molar-refractivity contribution in [2.24, 2.45) is 0 Å². The van der Waals surface area contributed by atoms with E-state index in [9.17, 15) is 9.90 Å². The Hall–Kier alpha value is -1.55. The van der Waals surface area contributed by atoms with Crippen molar-refractivity contribution in [1.29, 1.82) is 0 Å². The summed E-state index contributed by atoms with van der Waals surface area (Å²) >= 11 is 0. The van der Waals surface area contributed by atoms with Gasteiger partial charge in [-0.25, -0.2) is 5.48 Å². The van der Waals surface area contributed by atoms with E-state index in [1.807, 2.05) is 0 Å². The number of hydrogen-bond acceptors (Lipinski definition) is 3. The molecule has 0 aliphatic rings. The average Bonchev–Trinajstić information content (AvgIpc) is 2.18. The maximum absolute atomic E-state index is 11.3. The van der Waals surface area contributed by atoms with Crippen molar-refractivity contribution in [1.82, 2.24) is 5.48 Å². The Balaban J connectivity index is 2.76. The highest BCUT2D eigenvalue weighted by molar-refractivity contribution is 5.93. The number of phenolic OH excluding ortho intramolecular Hbond substituents is 1. The van der Waals surface area contributed by atoms with Gasteiger partial charge in [0.25, 0.3) is 5.91 Å². The number of hydrogen-bond donors (Lipinski definition) is 2. The molecule has 0 atom stereocenters. The fourth-order valence-electron chi connectivity index (χ4n) is 0.993. The molecule has 1 rings (SSSR count). The molecule has 0 bridgehead atoms. The van der Waals surface area contributed by atoms with Gasteiger partial charge >= 0.3 is 0 Å². The van der Waals surface area contributed by atoms with Crippen LogP contribution in [0.2, 0.25) is 0 Å². The molecule has 1 amide bonds. The van der Waals surface area contributed by atoms with E-state index in [4.69, 9.17) is 4.84 Å². The Morgan fingerprint density at radius 2 is 2.29 bits per heavy atom. The fraction of sp³-hybridized carbons (Fsp3) is 0.300. The van der Waals surface area contributed by atoms with E-state index in [1.54, 1.807) is 19.9 Å². The minimum atomic E-state index is -0.310. The van der Waals surface area contributed by atoms with E-state index in [2.05, 4.69) is 5.48 Å². The molecule has 0 unspecified atom stereocenters. The first-order chi connectivity index (χ1) is 6.65. The molecule has 2 N–H and O–H groups in total. The number of nitrogens with one attached hydrogen (secondary N) is 1. The summed E-state index contributed by atoms with van der Waals surface area (Å²) in [5.74, 6) is -0.132. The lowest BCUT2D eigenvalue weighted by Crippen LogP contribution is -2.23. The zero-order valence-corrected chi connectivity index (χ0v) is 8.20. The molecule has 0 fully saturated rings. The van der Waals surface area contributed by atoms with Crippen molar-refractivity contribution in [3.8, 4) is 5.75 Å². The third-order valence-corrected chi connectivity index (χ3v) is 1.77. The predicted molar refractivity (Wildman–Crippen MR) is 51.9 cm³/mol. The normalized spacial score (nSPS) is 9.86. The van der Waals surface area contributed by atoms with Crippen LogP contribution >= 0.6 is 0 Å². The summed E-state index contributed by atoms with van der Waals surface area (Å²) < 4.78 is 0. The summed E-state index contributed by atoms with van der Waals surface area (Å²) in [4.78, 5) is 16.1. The molecule has 1 aromatic rings. The van der Waals surface area contributed by atoms with Gasteiger partial charge in [0.15, 0.2) is 0 Å². The van der Waals surface area contributed by atoms with E-state index in [0.717, 1.165) is 0 Å². The molecule has 0 aliphatic carbocycles. The zero-order valence-electron chi connectivity index (χ0n) is 8.20. The summed E-state index contributed by atoms with van der Waals surface area (Å²) in [7, 11) is 0. The van der Waals surface area contributed by atoms with Gasteiger partial charge < -0.3 is 5.11 Å². The molecule has 4 heteroatoms. The first-order valence-electron chi connectivity index (χ1n) is 4.37. The Bertz CT molecular complexity index is 336. The van der Waals surface area contributed by atoms with E-state index in [1.165, 1.54) is 12.1 Å². The molecule has 0 saturated carbocycles. The summed E-state index contributed by atoms with van der Waals surface area (Å²) in [6, 6.07) is 4.62. The maximum Gasteiger partial charge on any atom is 0.274 e. The van der Waals surface area contributed by atoms with Crippen LogP contribution in [0.1, 0.15) is 22.8 Å². The van der Waals surface area contributed by atoms with Gasteiger partial charge in [0.05, 0.1) is 6.61 Å². The number of aromatic hydroxyl groups is 1. The van der Waals surface area contributed by atoms with Crippen molar-refractivity contribution in [3.05, 3.63) is 29.3 Å². The molecule has 1 aromatic carbocycles. The molecular formula is C10H13NO3. The standard InChI is InChI=1S/C10H13NO3/c1-3-14-11-10(13)8-4-5-9(12)7(2)6-8/h4-6,12H,3H2,1-2H3,(H,11,13). The largest absolute Gasteiger partial charge is 0.508 e. The number of phenols is 1. The van der Waals surface area contributed by atoms with Gasteiger partial charge in [-0.3, -0.25) is 9.63 Å². The molecule has 4 nitrogen and oxygen atoms in total. The molecule has 0 spiro atoms. The topological polar surface area (TPSA) is 58.6 Å². The van der Waals surface area contributed by atoms with Crippen LogP contribution < -0.4 is 5.48 Å². The van der Waals surface area contributed by atoms with Gasteiger partial charge in [0.1, 0.15) is 5.75 Å². The first kappa shape index (κ1) is 10.5. The van der Waals surface area contributed by atoms with Crippen LogP contribution in [0.25, 0.3) is 0 Å². The predicted octanol–water partition coefficient (Wildman–Crippen LogP) is 1.38. The van der Waals surface area contributed by atoms with E-state index >= 15 is 0 Å². The number of benzene rings is 1. The smallest absolute Gasteiger partial charge is 0.274 e. The molecular weight excluding hydrogens is 182 g/mol. The monoisotopic (exact) mass is 195 g/mol. The minimum absolute atomic E-state index is 0.179. The van der Waals surface area contributed by atoms with Crippen LogP contribution in [0.4, 0.5) is 0 Å². The molecule has 0 aliphatic heterocycles. The number of carbonyl (C=O) groups excluding carboxylic acids is 1. The van der Waals surface area contributed by atoms with Crippen molar-refractivity contribution in [2.45, 2.75) is 13.8 Å². The maximum atomic E-state index is 11.3. The van der Waals surface area contributed by atoms with Crippen LogP contribution in [-0.2, 0) is 4.84 Å². The van der Waals surface area contributed by atoms with Crippen molar-refractivity contribution < 1.29 is 14.7 Å². The van der Waals surface area contributed by atoms with Crippen LogP contribution in [-0.4, -0.2) is 17.6 Å².